The van der Waals surface area contributed by atoms with Gasteiger partial charge < -0.3 is 14.8 Å². The van der Waals surface area contributed by atoms with Crippen LogP contribution >= 0.6 is 0 Å². The molecule has 0 saturated heterocycles. The molecule has 0 radical (unpaired) electrons. The van der Waals surface area contributed by atoms with Gasteiger partial charge in [-0.05, 0) is 38.6 Å². The highest BCUT2D eigenvalue weighted by Crippen LogP contribution is 2.08. The zero-order valence-electron chi connectivity index (χ0n) is 11.9. The number of rotatable bonds is 7. The van der Waals surface area contributed by atoms with E-state index in [1.807, 2.05) is 0 Å². The van der Waals surface area contributed by atoms with Gasteiger partial charge >= 0.3 is 0 Å². The van der Waals surface area contributed by atoms with Crippen molar-refractivity contribution in [3.05, 3.63) is 24.0 Å². The number of nitrogens with one attached hydrogen (secondary N) is 1. The van der Waals surface area contributed by atoms with Crippen LogP contribution in [0.4, 0.5) is 0 Å². The number of aromatic nitrogens is 1. The van der Waals surface area contributed by atoms with Gasteiger partial charge in [0.1, 0.15) is 0 Å². The van der Waals surface area contributed by atoms with Crippen LogP contribution in [0.3, 0.4) is 0 Å². The maximum atomic E-state index is 3.55. The number of hydrogen-bond donors (Lipinski definition) is 1. The molecule has 0 fully saturated rings. The summed E-state index contributed by atoms with van der Waals surface area (Å²) in [6, 6.07) is 4.88. The zero-order valence-corrected chi connectivity index (χ0v) is 11.9. The van der Waals surface area contributed by atoms with Gasteiger partial charge in [0.2, 0.25) is 0 Å². The second-order valence-electron chi connectivity index (χ2n) is 5.49. The van der Waals surface area contributed by atoms with Crippen molar-refractivity contribution in [2.24, 2.45) is 13.0 Å². The Morgan fingerprint density at radius 2 is 2.06 bits per heavy atom. The summed E-state index contributed by atoms with van der Waals surface area (Å²) in [5.41, 5.74) is 1.34. The van der Waals surface area contributed by atoms with E-state index in [2.05, 4.69) is 68.1 Å². The van der Waals surface area contributed by atoms with Gasteiger partial charge in [0, 0.05) is 38.1 Å². The SMILES string of the molecule is CC(C)CC(CNCc1cccn1C)N(C)C. The summed E-state index contributed by atoms with van der Waals surface area (Å²) in [6.45, 7) is 6.57. The first-order valence-electron chi connectivity index (χ1n) is 6.48. The molecule has 0 aliphatic carbocycles. The van der Waals surface area contributed by atoms with Gasteiger partial charge in [-0.15, -0.1) is 0 Å². The largest absolute Gasteiger partial charge is 0.353 e. The van der Waals surface area contributed by atoms with Crippen LogP contribution in [0.1, 0.15) is 26.0 Å². The minimum absolute atomic E-state index is 0.621. The standard InChI is InChI=1S/C14H27N3/c1-12(2)9-14(16(3)4)11-15-10-13-7-6-8-17(13)5/h6-8,12,14-15H,9-11H2,1-5H3. The van der Waals surface area contributed by atoms with E-state index in [4.69, 9.17) is 0 Å². The number of aryl methyl sites for hydroxylation is 1. The quantitative estimate of drug-likeness (QED) is 0.783. The van der Waals surface area contributed by atoms with Gasteiger partial charge in [-0.3, -0.25) is 0 Å². The predicted octanol–water partition coefficient (Wildman–Crippen LogP) is 2.09. The first kappa shape index (κ1) is 14.3. The van der Waals surface area contributed by atoms with Crippen molar-refractivity contribution >= 4 is 0 Å². The third kappa shape index (κ3) is 4.92. The molecule has 1 aromatic rings. The summed E-state index contributed by atoms with van der Waals surface area (Å²) in [6.07, 6.45) is 3.34. The van der Waals surface area contributed by atoms with Gasteiger partial charge in [0.25, 0.3) is 0 Å². The lowest BCUT2D eigenvalue weighted by Gasteiger charge is -2.26. The van der Waals surface area contributed by atoms with Crippen LogP contribution in [-0.2, 0) is 13.6 Å². The molecule has 0 amide bonds. The van der Waals surface area contributed by atoms with E-state index in [0.29, 0.717) is 6.04 Å². The lowest BCUT2D eigenvalue weighted by atomic mass is 10.0. The molecule has 0 saturated carbocycles. The van der Waals surface area contributed by atoms with Crippen molar-refractivity contribution in [2.75, 3.05) is 20.6 Å². The molecule has 1 aromatic heterocycles. The fraction of sp³-hybridized carbons (Fsp3) is 0.714. The van der Waals surface area contributed by atoms with E-state index < -0.39 is 0 Å². The van der Waals surface area contributed by atoms with Crippen LogP contribution in [0.25, 0.3) is 0 Å². The predicted molar refractivity (Wildman–Crippen MR) is 74.0 cm³/mol. The third-order valence-electron chi connectivity index (χ3n) is 3.21. The summed E-state index contributed by atoms with van der Waals surface area (Å²) in [4.78, 5) is 2.32. The highest BCUT2D eigenvalue weighted by Gasteiger charge is 2.12. The first-order chi connectivity index (χ1) is 8.00. The highest BCUT2D eigenvalue weighted by atomic mass is 15.1. The second kappa shape index (κ2) is 6.82. The highest BCUT2D eigenvalue weighted by molar-refractivity contribution is 5.05. The second-order valence-corrected chi connectivity index (χ2v) is 5.49. The van der Waals surface area contributed by atoms with E-state index in [-0.39, 0.29) is 0 Å². The molecule has 3 nitrogen and oxygen atoms in total. The molecule has 1 atom stereocenters. The molecule has 98 valence electrons. The van der Waals surface area contributed by atoms with E-state index in [0.717, 1.165) is 19.0 Å². The smallest absolute Gasteiger partial charge is 0.0359 e. The lowest BCUT2D eigenvalue weighted by molar-refractivity contribution is 0.246. The normalized spacial score (nSPS) is 13.6. The molecule has 17 heavy (non-hydrogen) atoms. The summed E-state index contributed by atoms with van der Waals surface area (Å²) >= 11 is 0. The Labute approximate surface area is 106 Å². The summed E-state index contributed by atoms with van der Waals surface area (Å²) in [7, 11) is 6.42. The van der Waals surface area contributed by atoms with Crippen molar-refractivity contribution in [3.8, 4) is 0 Å². The van der Waals surface area contributed by atoms with Gasteiger partial charge in [-0.25, -0.2) is 0 Å². The lowest BCUT2D eigenvalue weighted by Crippen LogP contribution is -2.38. The summed E-state index contributed by atoms with van der Waals surface area (Å²) in [5.74, 6) is 0.749. The van der Waals surface area contributed by atoms with Crippen LogP contribution in [0.15, 0.2) is 18.3 Å². The van der Waals surface area contributed by atoms with Crippen LogP contribution in [0, 0.1) is 5.92 Å². The summed E-state index contributed by atoms with van der Waals surface area (Å²) < 4.78 is 2.17. The molecule has 1 unspecified atom stereocenters. The van der Waals surface area contributed by atoms with Crippen molar-refractivity contribution < 1.29 is 0 Å². The molecular weight excluding hydrogens is 210 g/mol. The maximum absolute atomic E-state index is 3.55. The van der Waals surface area contributed by atoms with Crippen molar-refractivity contribution in [1.82, 2.24) is 14.8 Å². The van der Waals surface area contributed by atoms with Crippen molar-refractivity contribution in [3.63, 3.8) is 0 Å². The van der Waals surface area contributed by atoms with E-state index in [1.54, 1.807) is 0 Å². The Bertz CT molecular complexity index is 315. The van der Waals surface area contributed by atoms with E-state index >= 15 is 0 Å². The molecule has 0 spiro atoms. The minimum atomic E-state index is 0.621. The van der Waals surface area contributed by atoms with Crippen molar-refractivity contribution in [1.29, 1.82) is 0 Å². The summed E-state index contributed by atoms with van der Waals surface area (Å²) in [5, 5.41) is 3.55. The maximum Gasteiger partial charge on any atom is 0.0359 e. The number of likely N-dealkylation sites (N-methyl/N-ethyl adjacent to an activating group) is 1. The average Bonchev–Trinajstić information content (AvgIpc) is 2.62. The van der Waals surface area contributed by atoms with Gasteiger partial charge in [-0.2, -0.15) is 0 Å². The monoisotopic (exact) mass is 237 g/mol. The molecule has 0 aliphatic heterocycles. The average molecular weight is 237 g/mol. The number of hydrogen-bond acceptors (Lipinski definition) is 2. The van der Waals surface area contributed by atoms with Gasteiger partial charge in [-0.1, -0.05) is 13.8 Å². The fourth-order valence-corrected chi connectivity index (χ4v) is 2.07. The third-order valence-corrected chi connectivity index (χ3v) is 3.21. The van der Waals surface area contributed by atoms with Gasteiger partial charge in [0.05, 0.1) is 0 Å². The van der Waals surface area contributed by atoms with Crippen LogP contribution in [-0.4, -0.2) is 36.1 Å². The Kier molecular flexibility index (Phi) is 5.72. The Morgan fingerprint density at radius 3 is 2.53 bits per heavy atom. The molecular formula is C14H27N3. The zero-order chi connectivity index (χ0) is 12.8. The van der Waals surface area contributed by atoms with E-state index in [1.165, 1.54) is 12.1 Å². The molecule has 1 rings (SSSR count). The van der Waals surface area contributed by atoms with Crippen molar-refractivity contribution in [2.45, 2.75) is 32.9 Å². The Hall–Kier alpha value is -0.800. The minimum Gasteiger partial charge on any atom is -0.353 e. The molecule has 0 aromatic carbocycles. The molecule has 1 heterocycles. The molecule has 0 bridgehead atoms. The van der Waals surface area contributed by atoms with Gasteiger partial charge in [0.15, 0.2) is 0 Å². The van der Waals surface area contributed by atoms with Crippen LogP contribution in [0.2, 0.25) is 0 Å². The number of nitrogens with zero attached hydrogens (tertiary/aromatic N) is 2. The molecule has 3 heteroatoms. The fourth-order valence-electron chi connectivity index (χ4n) is 2.07. The van der Waals surface area contributed by atoms with E-state index in [9.17, 15) is 0 Å². The van der Waals surface area contributed by atoms with Crippen LogP contribution < -0.4 is 5.32 Å². The Balaban J connectivity index is 2.34. The van der Waals surface area contributed by atoms with Crippen LogP contribution in [0.5, 0.6) is 0 Å². The molecule has 1 N–H and O–H groups in total. The first-order valence-corrected chi connectivity index (χ1v) is 6.48. The Morgan fingerprint density at radius 1 is 1.35 bits per heavy atom. The topological polar surface area (TPSA) is 20.2 Å². The molecule has 0 aliphatic rings.